The molecule has 116 valence electrons. The maximum absolute atomic E-state index is 10.9. The molecule has 2 saturated carbocycles. The number of rotatable bonds is 5. The maximum Gasteiger partial charge on any atom is 0.306 e. The van der Waals surface area contributed by atoms with E-state index in [1.54, 1.807) is 0 Å². The fourth-order valence-corrected chi connectivity index (χ4v) is 3.51. The van der Waals surface area contributed by atoms with Gasteiger partial charge in [0.1, 0.15) is 0 Å². The van der Waals surface area contributed by atoms with Gasteiger partial charge in [-0.3, -0.25) is 9.48 Å². The van der Waals surface area contributed by atoms with Gasteiger partial charge in [0, 0.05) is 6.20 Å². The molecule has 1 heterocycles. The molecule has 0 unspecified atom stereocenters. The number of hydrogen-bond donors (Lipinski definition) is 1. The molecular weight excluding hydrogens is 268 g/mol. The van der Waals surface area contributed by atoms with Gasteiger partial charge in [-0.15, -0.1) is 0 Å². The largest absolute Gasteiger partial charge is 0.481 e. The van der Waals surface area contributed by atoms with Crippen molar-refractivity contribution in [2.24, 2.45) is 5.92 Å². The fourth-order valence-electron chi connectivity index (χ4n) is 3.51. The maximum atomic E-state index is 10.9. The highest BCUT2D eigenvalue weighted by Gasteiger charge is 2.26. The van der Waals surface area contributed by atoms with Gasteiger partial charge in [-0.1, -0.05) is 12.8 Å². The van der Waals surface area contributed by atoms with Gasteiger partial charge in [0.15, 0.2) is 0 Å². The molecule has 2 fully saturated rings. The van der Waals surface area contributed by atoms with Gasteiger partial charge in [0.25, 0.3) is 0 Å². The minimum Gasteiger partial charge on any atom is -0.481 e. The molecule has 0 bridgehead atoms. The van der Waals surface area contributed by atoms with Gasteiger partial charge in [-0.2, -0.15) is 5.10 Å². The van der Waals surface area contributed by atoms with Gasteiger partial charge in [0.2, 0.25) is 0 Å². The number of aromatic nitrogens is 2. The third kappa shape index (κ3) is 3.64. The van der Waals surface area contributed by atoms with Gasteiger partial charge >= 0.3 is 5.97 Å². The standard InChI is InChI=1S/C16H24N2O3/c19-16(20)12-5-7-15(8-6-12)21-11-13-9-10-18(17-13)14-3-1-2-4-14/h9-10,12,14-15H,1-8,11H2,(H,19,20). The van der Waals surface area contributed by atoms with Crippen molar-refractivity contribution in [1.29, 1.82) is 0 Å². The smallest absolute Gasteiger partial charge is 0.306 e. The van der Waals surface area contributed by atoms with E-state index in [1.165, 1.54) is 25.7 Å². The van der Waals surface area contributed by atoms with E-state index in [4.69, 9.17) is 9.84 Å². The lowest BCUT2D eigenvalue weighted by Gasteiger charge is -2.25. The van der Waals surface area contributed by atoms with Crippen LogP contribution in [0.5, 0.6) is 0 Å². The summed E-state index contributed by atoms with van der Waals surface area (Å²) in [4.78, 5) is 10.9. The SMILES string of the molecule is O=C(O)C1CCC(OCc2ccn(C3CCCC3)n2)CC1. The van der Waals surface area contributed by atoms with Crippen LogP contribution in [0.25, 0.3) is 0 Å². The number of ether oxygens (including phenoxy) is 1. The second-order valence-electron chi connectivity index (χ2n) is 6.35. The van der Waals surface area contributed by atoms with Crippen LogP contribution in [-0.4, -0.2) is 27.0 Å². The van der Waals surface area contributed by atoms with Crippen molar-refractivity contribution < 1.29 is 14.6 Å². The molecule has 2 aliphatic carbocycles. The van der Waals surface area contributed by atoms with Crippen LogP contribution in [0.4, 0.5) is 0 Å². The summed E-state index contributed by atoms with van der Waals surface area (Å²) in [6, 6.07) is 2.62. The van der Waals surface area contributed by atoms with E-state index in [2.05, 4.69) is 16.0 Å². The average Bonchev–Trinajstić information content (AvgIpc) is 3.16. The Hall–Kier alpha value is -1.36. The first-order valence-corrected chi connectivity index (χ1v) is 8.11. The first-order valence-electron chi connectivity index (χ1n) is 8.11. The summed E-state index contributed by atoms with van der Waals surface area (Å²) < 4.78 is 7.99. The summed E-state index contributed by atoms with van der Waals surface area (Å²) in [5.74, 6) is -0.838. The van der Waals surface area contributed by atoms with Crippen LogP contribution in [-0.2, 0) is 16.1 Å². The van der Waals surface area contributed by atoms with Crippen LogP contribution in [0.15, 0.2) is 12.3 Å². The lowest BCUT2D eigenvalue weighted by atomic mass is 9.87. The molecule has 0 spiro atoms. The van der Waals surface area contributed by atoms with E-state index in [1.807, 2.05) is 6.07 Å². The first-order chi connectivity index (χ1) is 10.2. The molecule has 0 amide bonds. The second kappa shape index (κ2) is 6.60. The number of carboxylic acid groups (broad SMARTS) is 1. The Morgan fingerprint density at radius 3 is 2.62 bits per heavy atom. The average molecular weight is 292 g/mol. The summed E-state index contributed by atoms with van der Waals surface area (Å²) in [6.07, 6.45) is 10.5. The molecule has 1 aromatic rings. The van der Waals surface area contributed by atoms with Crippen molar-refractivity contribution >= 4 is 5.97 Å². The molecule has 3 rings (SSSR count). The highest BCUT2D eigenvalue weighted by atomic mass is 16.5. The molecule has 5 nitrogen and oxygen atoms in total. The molecule has 0 aromatic carbocycles. The Labute approximate surface area is 125 Å². The minimum atomic E-state index is -0.663. The number of nitrogens with zero attached hydrogens (tertiary/aromatic N) is 2. The Kier molecular flexibility index (Phi) is 4.58. The Bertz CT molecular complexity index is 472. The molecule has 0 saturated heterocycles. The molecule has 2 aliphatic rings. The zero-order chi connectivity index (χ0) is 14.7. The van der Waals surface area contributed by atoms with Crippen molar-refractivity contribution in [2.45, 2.75) is 70.1 Å². The van der Waals surface area contributed by atoms with E-state index in [0.29, 0.717) is 12.6 Å². The van der Waals surface area contributed by atoms with E-state index >= 15 is 0 Å². The molecule has 5 heteroatoms. The van der Waals surface area contributed by atoms with E-state index in [9.17, 15) is 4.79 Å². The van der Waals surface area contributed by atoms with Crippen molar-refractivity contribution in [3.63, 3.8) is 0 Å². The molecule has 21 heavy (non-hydrogen) atoms. The van der Waals surface area contributed by atoms with Gasteiger partial charge in [-0.05, 0) is 44.6 Å². The fraction of sp³-hybridized carbons (Fsp3) is 0.750. The molecule has 1 N–H and O–H groups in total. The second-order valence-corrected chi connectivity index (χ2v) is 6.35. The third-order valence-corrected chi connectivity index (χ3v) is 4.85. The van der Waals surface area contributed by atoms with E-state index < -0.39 is 5.97 Å². The Morgan fingerprint density at radius 1 is 1.24 bits per heavy atom. The predicted octanol–water partition coefficient (Wildman–Crippen LogP) is 3.16. The Morgan fingerprint density at radius 2 is 1.95 bits per heavy atom. The molecular formula is C16H24N2O3. The summed E-state index contributed by atoms with van der Waals surface area (Å²) in [7, 11) is 0. The Balaban J connectivity index is 1.44. The van der Waals surface area contributed by atoms with Crippen LogP contribution in [0, 0.1) is 5.92 Å². The third-order valence-electron chi connectivity index (χ3n) is 4.85. The van der Waals surface area contributed by atoms with Crippen LogP contribution in [0.3, 0.4) is 0 Å². The van der Waals surface area contributed by atoms with Crippen molar-refractivity contribution in [3.8, 4) is 0 Å². The van der Waals surface area contributed by atoms with Crippen molar-refractivity contribution in [3.05, 3.63) is 18.0 Å². The summed E-state index contributed by atoms with van der Waals surface area (Å²) in [5.41, 5.74) is 0.988. The summed E-state index contributed by atoms with van der Waals surface area (Å²) >= 11 is 0. The normalized spacial score (nSPS) is 27.0. The minimum absolute atomic E-state index is 0.175. The van der Waals surface area contributed by atoms with Crippen LogP contribution < -0.4 is 0 Å². The molecule has 0 atom stereocenters. The highest BCUT2D eigenvalue weighted by Crippen LogP contribution is 2.29. The predicted molar refractivity (Wildman–Crippen MR) is 77.9 cm³/mol. The first kappa shape index (κ1) is 14.6. The number of carbonyl (C=O) groups is 1. The monoisotopic (exact) mass is 292 g/mol. The van der Waals surface area contributed by atoms with Crippen LogP contribution in [0.1, 0.15) is 63.1 Å². The highest BCUT2D eigenvalue weighted by molar-refractivity contribution is 5.70. The molecule has 0 radical (unpaired) electrons. The number of carboxylic acids is 1. The quantitative estimate of drug-likeness (QED) is 0.905. The molecule has 0 aliphatic heterocycles. The lowest BCUT2D eigenvalue weighted by Crippen LogP contribution is -2.26. The van der Waals surface area contributed by atoms with Crippen molar-refractivity contribution in [2.75, 3.05) is 0 Å². The number of aliphatic carboxylic acids is 1. The van der Waals surface area contributed by atoms with Gasteiger partial charge in [-0.25, -0.2) is 0 Å². The van der Waals surface area contributed by atoms with E-state index in [0.717, 1.165) is 31.4 Å². The van der Waals surface area contributed by atoms with Crippen molar-refractivity contribution in [1.82, 2.24) is 9.78 Å². The van der Waals surface area contributed by atoms with E-state index in [-0.39, 0.29) is 12.0 Å². The zero-order valence-corrected chi connectivity index (χ0v) is 12.4. The van der Waals surface area contributed by atoms with Gasteiger partial charge < -0.3 is 9.84 Å². The van der Waals surface area contributed by atoms with Gasteiger partial charge in [0.05, 0.1) is 30.4 Å². The molecule has 1 aromatic heterocycles. The number of hydrogen-bond acceptors (Lipinski definition) is 3. The van der Waals surface area contributed by atoms with Crippen LogP contribution >= 0.6 is 0 Å². The zero-order valence-electron chi connectivity index (χ0n) is 12.4. The lowest BCUT2D eigenvalue weighted by molar-refractivity contribution is -0.143. The van der Waals surface area contributed by atoms with Crippen LogP contribution in [0.2, 0.25) is 0 Å². The topological polar surface area (TPSA) is 64.3 Å². The summed E-state index contributed by atoms with van der Waals surface area (Å²) in [5, 5.41) is 13.6. The summed E-state index contributed by atoms with van der Waals surface area (Å²) in [6.45, 7) is 0.544.